The highest BCUT2D eigenvalue weighted by atomic mass is 16.8. The fourth-order valence-corrected chi connectivity index (χ4v) is 21.1. The minimum absolute atomic E-state index is 0.0818. The topological polar surface area (TPSA) is 457 Å². The lowest BCUT2D eigenvalue weighted by Gasteiger charge is -2.71. The first-order chi connectivity index (χ1) is 51.0. The molecule has 6 aliphatic heterocycles. The summed E-state index contributed by atoms with van der Waals surface area (Å²) in [7, 11) is 0. The molecule has 5 aliphatic carbocycles. The van der Waals surface area contributed by atoms with Crippen molar-refractivity contribution < 1.29 is 143 Å². The van der Waals surface area contributed by atoms with E-state index < -0.39 is 248 Å². The number of hydrogen-bond acceptors (Lipinski definition) is 29. The zero-order valence-corrected chi connectivity index (χ0v) is 64.9. The molecule has 0 spiro atoms. The van der Waals surface area contributed by atoms with E-state index in [4.69, 9.17) is 56.8 Å². The van der Waals surface area contributed by atoms with Gasteiger partial charge in [0.2, 0.25) is 6.29 Å². The lowest BCUT2D eigenvalue weighted by atomic mass is 9.33. The molecule has 30 heteroatoms. The van der Waals surface area contributed by atoms with Crippen molar-refractivity contribution in [2.75, 3.05) is 26.4 Å². The van der Waals surface area contributed by atoms with Crippen molar-refractivity contribution >= 4 is 18.2 Å². The molecule has 38 atom stereocenters. The highest BCUT2D eigenvalue weighted by Crippen LogP contribution is 2.76. The van der Waals surface area contributed by atoms with Crippen LogP contribution in [-0.2, 0) is 71.2 Å². The van der Waals surface area contributed by atoms with Crippen LogP contribution in [0.5, 0.6) is 0 Å². The molecule has 620 valence electrons. The Hall–Kier alpha value is -2.65. The molecule has 0 aromatic heterocycles. The molecule has 11 aliphatic rings. The molecule has 13 unspecified atom stereocenters. The fourth-order valence-electron chi connectivity index (χ4n) is 21.1. The van der Waals surface area contributed by atoms with E-state index >= 15 is 4.79 Å². The standard InChI is InChI=1S/C78H129NO29/c1-12-13-14-15-16-17-18-19-20-21-30-79-65(95)62-59(94)61(104-67-57(92)53(88)44(83)35-98-67)64(107-69-58(93)55(90)54(89)45(33-80)101-69)71(105-62)102-49-25-26-74(8)46(75(49,9)36-81)24-27-76(10)47(74)23-22-41-42-31-73(6,7)28-29-78(42,48(84)32-77(41,76)11)72(96)108-70-63(56(91)52(87)39(4)99-70)106-68-51(86)38(3)60(40(5)100-68)103-66-50(85)37(2)43(82)34-97-66/h22,36-40,42-64,66-71,80,82-94H,12-21,23-35H2,1-11H3,(H,79,95)/t37-,38-,39?,40?,42?,43-,44-,45?,46?,47?,48-,49+,50?,51?,52+,53-,54+,55-,56-,57?,58?,59+,60-,61-,62?,63?,64?,66+,67+,68+,69+,70+,71-,74+,75+,76-,77-,78-/m1/s1. The summed E-state index contributed by atoms with van der Waals surface area (Å²) in [5.41, 5.74) is -4.24. The van der Waals surface area contributed by atoms with Gasteiger partial charge in [0.1, 0.15) is 97.2 Å². The quantitative estimate of drug-likeness (QED) is 0.0193. The number of esters is 1. The predicted molar refractivity (Wildman–Crippen MR) is 379 cm³/mol. The van der Waals surface area contributed by atoms with E-state index in [1.54, 1.807) is 20.8 Å². The van der Waals surface area contributed by atoms with Gasteiger partial charge < -0.3 is 138 Å². The summed E-state index contributed by atoms with van der Waals surface area (Å²) in [6, 6.07) is 0. The first-order valence-electron chi connectivity index (χ1n) is 40.2. The maximum Gasteiger partial charge on any atom is 0.317 e. The number of allylic oxidation sites excluding steroid dienone is 2. The number of carbonyl (C=O) groups is 3. The van der Waals surface area contributed by atoms with Crippen molar-refractivity contribution in [1.29, 1.82) is 0 Å². The number of aldehydes is 1. The third-order valence-corrected chi connectivity index (χ3v) is 28.4. The summed E-state index contributed by atoms with van der Waals surface area (Å²) in [5.74, 6) is -4.04. The smallest absolute Gasteiger partial charge is 0.317 e. The maximum absolute atomic E-state index is 15.8. The first-order valence-corrected chi connectivity index (χ1v) is 40.2. The van der Waals surface area contributed by atoms with Crippen LogP contribution >= 0.6 is 0 Å². The van der Waals surface area contributed by atoms with Crippen molar-refractivity contribution in [3.05, 3.63) is 11.6 Å². The number of nitrogens with one attached hydrogen (secondary N) is 1. The largest absolute Gasteiger partial charge is 0.432 e. The molecule has 108 heavy (non-hydrogen) atoms. The summed E-state index contributed by atoms with van der Waals surface area (Å²) in [6.07, 6.45) is -26.5. The Labute approximate surface area is 634 Å². The molecule has 0 aromatic rings. The Morgan fingerprint density at radius 2 is 1.13 bits per heavy atom. The number of hydrogen-bond donors (Lipinski definition) is 15. The second-order valence-corrected chi connectivity index (χ2v) is 35.6. The predicted octanol–water partition coefficient (Wildman–Crippen LogP) is 1.69. The monoisotopic (exact) mass is 1540 g/mol. The van der Waals surface area contributed by atoms with Gasteiger partial charge in [0.05, 0.1) is 61.9 Å². The van der Waals surface area contributed by atoms with Crippen LogP contribution in [0.1, 0.15) is 198 Å². The Kier molecular flexibility index (Phi) is 27.7. The zero-order valence-electron chi connectivity index (χ0n) is 64.9. The summed E-state index contributed by atoms with van der Waals surface area (Å²) in [5, 5.41) is 161. The van der Waals surface area contributed by atoms with Crippen LogP contribution in [0.15, 0.2) is 11.6 Å². The molecule has 6 heterocycles. The van der Waals surface area contributed by atoms with E-state index in [-0.39, 0.29) is 43.7 Å². The highest BCUT2D eigenvalue weighted by Gasteiger charge is 2.73. The second-order valence-electron chi connectivity index (χ2n) is 35.6. The SMILES string of the molecule is CCCCCCCCCCCCNC(=O)C1O[C@@H](O[C@H]2CC[C@@]3(C)C(CC[C@]4(C)C3CC=C3C5CC(C)(C)CC[C@]5(C(=O)O[C@@H]5OC(C)[C@H](O)[C@@H](O)C5O[C@@H]5OC(C)[C@H](O[C@@H]6OC[C@@H](O)[C@@H](C)C6O)[C@H](C)C5O)[C@H](O)C[C@]34C)[C@]2(C)C=O)C(O[C@@H]2OC(CO)[C@H](O)[C@@H](O)C2O)[C@H](O[C@@H]2OC[C@@H](O)[C@@H](O)C2O)[C@@H]1O. The number of aliphatic hydroxyl groups excluding tert-OH is 14. The van der Waals surface area contributed by atoms with Gasteiger partial charge in [-0.2, -0.15) is 0 Å². The third-order valence-electron chi connectivity index (χ3n) is 28.4. The van der Waals surface area contributed by atoms with Gasteiger partial charge in [-0.05, 0) is 117 Å². The minimum atomic E-state index is -2.03. The van der Waals surface area contributed by atoms with Gasteiger partial charge in [0.25, 0.3) is 5.91 Å². The molecule has 30 nitrogen and oxygen atoms in total. The number of carbonyl (C=O) groups excluding carboxylic acids is 3. The van der Waals surface area contributed by atoms with Gasteiger partial charge in [-0.3, -0.25) is 9.59 Å². The van der Waals surface area contributed by atoms with E-state index in [0.29, 0.717) is 44.9 Å². The molecule has 0 bridgehead atoms. The van der Waals surface area contributed by atoms with Crippen molar-refractivity contribution in [2.24, 2.45) is 62.1 Å². The van der Waals surface area contributed by atoms with Crippen LogP contribution in [-0.4, -0.2) is 288 Å². The van der Waals surface area contributed by atoms with Crippen LogP contribution in [0.2, 0.25) is 0 Å². The first kappa shape index (κ1) is 86.2. The van der Waals surface area contributed by atoms with Gasteiger partial charge in [0.15, 0.2) is 43.7 Å². The molecule has 1 amide bonds. The van der Waals surface area contributed by atoms with Crippen LogP contribution in [0, 0.1) is 62.1 Å². The average Bonchev–Trinajstić information content (AvgIpc) is 0.670. The lowest BCUT2D eigenvalue weighted by molar-refractivity contribution is -0.391. The van der Waals surface area contributed by atoms with E-state index in [1.807, 2.05) is 6.92 Å². The lowest BCUT2D eigenvalue weighted by Crippen LogP contribution is -2.70. The molecule has 6 saturated heterocycles. The molecule has 10 fully saturated rings. The number of rotatable bonds is 26. The zero-order chi connectivity index (χ0) is 78.7. The molecule has 15 N–H and O–H groups in total. The maximum atomic E-state index is 15.8. The third kappa shape index (κ3) is 16.2. The summed E-state index contributed by atoms with van der Waals surface area (Å²) < 4.78 is 75.1. The molecule has 0 aromatic carbocycles. The van der Waals surface area contributed by atoms with E-state index in [1.165, 1.54) is 32.6 Å². The number of unbranched alkanes of at least 4 members (excludes halogenated alkanes) is 9. The number of fused-ring (bicyclic) bond motifs is 7. The van der Waals surface area contributed by atoms with E-state index in [9.17, 15) is 81.1 Å². The average molecular weight is 1540 g/mol. The second kappa shape index (κ2) is 34.7. The highest BCUT2D eigenvalue weighted by molar-refractivity contribution is 5.82. The normalized spacial score (nSPS) is 50.2. The van der Waals surface area contributed by atoms with Gasteiger partial charge in [-0.15, -0.1) is 0 Å². The molecule has 0 radical (unpaired) electrons. The molecule has 11 rings (SSSR count). The van der Waals surface area contributed by atoms with Crippen LogP contribution in [0.4, 0.5) is 0 Å². The van der Waals surface area contributed by atoms with Gasteiger partial charge in [-0.25, -0.2) is 0 Å². The van der Waals surface area contributed by atoms with Crippen molar-refractivity contribution in [2.45, 2.75) is 370 Å². The van der Waals surface area contributed by atoms with Crippen LogP contribution < -0.4 is 5.32 Å². The molecule has 4 saturated carbocycles. The Morgan fingerprint density at radius 1 is 0.537 bits per heavy atom. The minimum Gasteiger partial charge on any atom is -0.432 e. The Morgan fingerprint density at radius 3 is 1.80 bits per heavy atom. The van der Waals surface area contributed by atoms with Gasteiger partial charge in [-0.1, -0.05) is 132 Å². The number of aliphatic hydroxyl groups is 14. The number of ether oxygens (including phenoxy) is 12. The summed E-state index contributed by atoms with van der Waals surface area (Å²) in [4.78, 5) is 44.9. The van der Waals surface area contributed by atoms with Crippen molar-refractivity contribution in [3.8, 4) is 0 Å². The van der Waals surface area contributed by atoms with Gasteiger partial charge in [0, 0.05) is 18.4 Å². The molecular weight excluding hydrogens is 1410 g/mol. The van der Waals surface area contributed by atoms with Crippen LogP contribution in [0.3, 0.4) is 0 Å². The Balaban J connectivity index is 0.851. The Bertz CT molecular complexity index is 3030. The summed E-state index contributed by atoms with van der Waals surface area (Å²) in [6.45, 7) is 20.1. The van der Waals surface area contributed by atoms with Crippen molar-refractivity contribution in [1.82, 2.24) is 5.32 Å². The number of amides is 1. The van der Waals surface area contributed by atoms with E-state index in [0.717, 1.165) is 44.0 Å². The molecular formula is C78H129NO29. The summed E-state index contributed by atoms with van der Waals surface area (Å²) >= 11 is 0. The van der Waals surface area contributed by atoms with Gasteiger partial charge >= 0.3 is 5.97 Å². The van der Waals surface area contributed by atoms with Crippen molar-refractivity contribution in [3.63, 3.8) is 0 Å². The van der Waals surface area contributed by atoms with Crippen LogP contribution in [0.25, 0.3) is 0 Å². The van der Waals surface area contributed by atoms with E-state index in [2.05, 4.69) is 52.9 Å². The fraction of sp³-hybridized carbons (Fsp3) is 0.936.